The van der Waals surface area contributed by atoms with Gasteiger partial charge >= 0.3 is 5.97 Å². The molecule has 0 fully saturated rings. The maximum atomic E-state index is 12.0. The Bertz CT molecular complexity index is 977. The van der Waals surface area contributed by atoms with Gasteiger partial charge in [-0.15, -0.1) is 5.10 Å². The average molecular weight is 420 g/mol. The van der Waals surface area contributed by atoms with E-state index in [1.54, 1.807) is 0 Å². The van der Waals surface area contributed by atoms with E-state index in [1.807, 2.05) is 48.1 Å². The first-order chi connectivity index (χ1) is 15.1. The van der Waals surface area contributed by atoms with Crippen molar-refractivity contribution >= 4 is 5.97 Å². The zero-order valence-corrected chi connectivity index (χ0v) is 18.9. The number of carbonyl (C=O) groups excluding carboxylic acids is 1. The van der Waals surface area contributed by atoms with Gasteiger partial charge in [0.1, 0.15) is 5.69 Å². The van der Waals surface area contributed by atoms with Crippen LogP contribution < -0.4 is 0 Å². The van der Waals surface area contributed by atoms with E-state index in [0.29, 0.717) is 12.2 Å². The van der Waals surface area contributed by atoms with Crippen LogP contribution in [0.4, 0.5) is 0 Å². The number of hydrogen-bond donors (Lipinski definition) is 0. The molecule has 164 valence electrons. The summed E-state index contributed by atoms with van der Waals surface area (Å²) in [6, 6.07) is 13.8. The standard InChI is InChI=1S/C26H33N3O2/c1-4-6-7-8-9-10-18-29-19-24(27-28-29)25-20(3)12-11-13-23(25)21-14-16-22(17-15-21)26(30)31-5-2/h11-17,19H,4-10,18H2,1-3H3. The zero-order valence-electron chi connectivity index (χ0n) is 18.9. The van der Waals surface area contributed by atoms with Gasteiger partial charge in [0.15, 0.2) is 0 Å². The highest BCUT2D eigenvalue weighted by atomic mass is 16.5. The van der Waals surface area contributed by atoms with E-state index in [4.69, 9.17) is 4.74 Å². The van der Waals surface area contributed by atoms with Crippen molar-refractivity contribution in [3.05, 3.63) is 59.8 Å². The van der Waals surface area contributed by atoms with Crippen molar-refractivity contribution in [1.82, 2.24) is 15.0 Å². The van der Waals surface area contributed by atoms with Gasteiger partial charge in [-0.25, -0.2) is 4.79 Å². The molecule has 0 amide bonds. The number of hydrogen-bond acceptors (Lipinski definition) is 4. The number of esters is 1. The van der Waals surface area contributed by atoms with Crippen molar-refractivity contribution < 1.29 is 9.53 Å². The van der Waals surface area contributed by atoms with E-state index in [2.05, 4.69) is 36.3 Å². The SMILES string of the molecule is CCCCCCCCn1cc(-c2c(C)cccc2-c2ccc(C(=O)OCC)cc2)nn1. The number of unbranched alkanes of at least 4 members (excludes halogenated alkanes) is 5. The molecule has 3 rings (SSSR count). The summed E-state index contributed by atoms with van der Waals surface area (Å²) in [5.74, 6) is -0.295. The molecule has 0 spiro atoms. The predicted molar refractivity (Wildman–Crippen MR) is 125 cm³/mol. The second-order valence-electron chi connectivity index (χ2n) is 7.93. The quantitative estimate of drug-likeness (QED) is 0.264. The van der Waals surface area contributed by atoms with Crippen LogP contribution in [-0.4, -0.2) is 27.6 Å². The van der Waals surface area contributed by atoms with Crippen molar-refractivity contribution in [2.75, 3.05) is 6.61 Å². The molecule has 0 aliphatic rings. The fraction of sp³-hybridized carbons (Fsp3) is 0.423. The van der Waals surface area contributed by atoms with Crippen LogP contribution in [0.2, 0.25) is 0 Å². The van der Waals surface area contributed by atoms with Crippen molar-refractivity contribution in [2.45, 2.75) is 65.8 Å². The van der Waals surface area contributed by atoms with E-state index >= 15 is 0 Å². The minimum absolute atomic E-state index is 0.295. The molecule has 3 aromatic rings. The molecule has 5 nitrogen and oxygen atoms in total. The molecule has 0 aliphatic heterocycles. The molecular weight excluding hydrogens is 386 g/mol. The van der Waals surface area contributed by atoms with E-state index in [-0.39, 0.29) is 5.97 Å². The Hall–Kier alpha value is -2.95. The number of carbonyl (C=O) groups is 1. The lowest BCUT2D eigenvalue weighted by Crippen LogP contribution is -2.04. The van der Waals surface area contributed by atoms with Gasteiger partial charge in [0, 0.05) is 12.1 Å². The van der Waals surface area contributed by atoms with Crippen LogP contribution in [0, 0.1) is 6.92 Å². The number of benzene rings is 2. The van der Waals surface area contributed by atoms with Crippen LogP contribution in [-0.2, 0) is 11.3 Å². The van der Waals surface area contributed by atoms with Crippen LogP contribution in [0.5, 0.6) is 0 Å². The molecule has 0 saturated carbocycles. The minimum atomic E-state index is -0.295. The van der Waals surface area contributed by atoms with E-state index in [9.17, 15) is 4.79 Å². The second-order valence-corrected chi connectivity index (χ2v) is 7.93. The van der Waals surface area contributed by atoms with Gasteiger partial charge in [0.2, 0.25) is 0 Å². The summed E-state index contributed by atoms with van der Waals surface area (Å²) in [7, 11) is 0. The Balaban J connectivity index is 1.76. The minimum Gasteiger partial charge on any atom is -0.462 e. The molecule has 0 unspecified atom stereocenters. The Morgan fingerprint density at radius 2 is 1.71 bits per heavy atom. The van der Waals surface area contributed by atoms with Gasteiger partial charge in [-0.2, -0.15) is 0 Å². The van der Waals surface area contributed by atoms with Crippen molar-refractivity contribution in [1.29, 1.82) is 0 Å². The number of aryl methyl sites for hydroxylation is 2. The highest BCUT2D eigenvalue weighted by molar-refractivity contribution is 5.91. The molecule has 5 heteroatoms. The first-order valence-electron chi connectivity index (χ1n) is 11.4. The topological polar surface area (TPSA) is 57.0 Å². The molecule has 0 saturated heterocycles. The number of rotatable bonds is 11. The van der Waals surface area contributed by atoms with Gasteiger partial charge in [-0.1, -0.05) is 74.6 Å². The molecule has 0 radical (unpaired) electrons. The van der Waals surface area contributed by atoms with Gasteiger partial charge in [-0.05, 0) is 49.1 Å². The highest BCUT2D eigenvalue weighted by Gasteiger charge is 2.14. The summed E-state index contributed by atoms with van der Waals surface area (Å²) in [5.41, 5.74) is 5.80. The number of nitrogens with zero attached hydrogens (tertiary/aromatic N) is 3. The maximum absolute atomic E-state index is 12.0. The van der Waals surface area contributed by atoms with Gasteiger partial charge < -0.3 is 4.74 Å². The largest absolute Gasteiger partial charge is 0.462 e. The lowest BCUT2D eigenvalue weighted by Gasteiger charge is -2.11. The summed E-state index contributed by atoms with van der Waals surface area (Å²) < 4.78 is 7.04. The molecule has 31 heavy (non-hydrogen) atoms. The van der Waals surface area contributed by atoms with Gasteiger partial charge in [0.05, 0.1) is 18.4 Å². The number of aromatic nitrogens is 3. The predicted octanol–water partition coefficient (Wildman–Crippen LogP) is 6.46. The normalized spacial score (nSPS) is 10.9. The summed E-state index contributed by atoms with van der Waals surface area (Å²) in [6.45, 7) is 7.42. The third-order valence-corrected chi connectivity index (χ3v) is 5.52. The van der Waals surface area contributed by atoms with Crippen molar-refractivity contribution in [3.8, 4) is 22.4 Å². The molecule has 0 N–H and O–H groups in total. The molecule has 1 heterocycles. The summed E-state index contributed by atoms with van der Waals surface area (Å²) >= 11 is 0. The van der Waals surface area contributed by atoms with Crippen molar-refractivity contribution in [3.63, 3.8) is 0 Å². The van der Waals surface area contributed by atoms with E-state index in [1.165, 1.54) is 32.1 Å². The van der Waals surface area contributed by atoms with Gasteiger partial charge in [-0.3, -0.25) is 4.68 Å². The van der Waals surface area contributed by atoms with E-state index in [0.717, 1.165) is 40.9 Å². The van der Waals surface area contributed by atoms with Gasteiger partial charge in [0.25, 0.3) is 0 Å². The third kappa shape index (κ3) is 6.03. The summed E-state index contributed by atoms with van der Waals surface area (Å²) in [6.07, 6.45) is 9.62. The van der Waals surface area contributed by atoms with Crippen LogP contribution in [0.1, 0.15) is 68.3 Å². The number of ether oxygens (including phenoxy) is 1. The Labute approximate surface area is 185 Å². The molecule has 2 aromatic carbocycles. The molecule has 1 aromatic heterocycles. The lowest BCUT2D eigenvalue weighted by atomic mass is 9.93. The first kappa shape index (κ1) is 22.7. The van der Waals surface area contributed by atoms with Crippen molar-refractivity contribution in [2.24, 2.45) is 0 Å². The molecule has 0 aliphatic carbocycles. The Kier molecular flexibility index (Phi) is 8.39. The molecule has 0 atom stereocenters. The lowest BCUT2D eigenvalue weighted by molar-refractivity contribution is 0.0526. The third-order valence-electron chi connectivity index (χ3n) is 5.52. The smallest absolute Gasteiger partial charge is 0.338 e. The Morgan fingerprint density at radius 1 is 0.968 bits per heavy atom. The van der Waals surface area contributed by atoms with Crippen LogP contribution in [0.15, 0.2) is 48.7 Å². The summed E-state index contributed by atoms with van der Waals surface area (Å²) in [5, 5.41) is 8.84. The van der Waals surface area contributed by atoms with Crippen LogP contribution in [0.3, 0.4) is 0 Å². The summed E-state index contributed by atoms with van der Waals surface area (Å²) in [4.78, 5) is 12.0. The molecular formula is C26H33N3O2. The average Bonchev–Trinajstić information content (AvgIpc) is 3.24. The second kappa shape index (κ2) is 11.4. The monoisotopic (exact) mass is 419 g/mol. The maximum Gasteiger partial charge on any atom is 0.338 e. The first-order valence-corrected chi connectivity index (χ1v) is 11.4. The van der Waals surface area contributed by atoms with Crippen LogP contribution >= 0.6 is 0 Å². The Morgan fingerprint density at radius 3 is 2.45 bits per heavy atom. The van der Waals surface area contributed by atoms with Crippen LogP contribution in [0.25, 0.3) is 22.4 Å². The fourth-order valence-electron chi connectivity index (χ4n) is 3.82. The fourth-order valence-corrected chi connectivity index (χ4v) is 3.82. The highest BCUT2D eigenvalue weighted by Crippen LogP contribution is 2.33. The zero-order chi connectivity index (χ0) is 22.1. The molecule has 0 bridgehead atoms. The van der Waals surface area contributed by atoms with E-state index < -0.39 is 0 Å².